The molecule has 0 bridgehead atoms. The van der Waals surface area contributed by atoms with Gasteiger partial charge in [-0.2, -0.15) is 0 Å². The van der Waals surface area contributed by atoms with Gasteiger partial charge in [0.25, 0.3) is 0 Å². The van der Waals surface area contributed by atoms with Gasteiger partial charge in [0.05, 0.1) is 33.0 Å². The SMILES string of the molecule is COC(=O)CCCNC(=O)CN1CCC(OCCO)CC1. The fourth-order valence-corrected chi connectivity index (χ4v) is 2.28. The number of nitrogens with zero attached hydrogens (tertiary/aromatic N) is 1. The first kappa shape index (κ1) is 17.9. The van der Waals surface area contributed by atoms with Crippen molar-refractivity contribution >= 4 is 11.9 Å². The summed E-state index contributed by atoms with van der Waals surface area (Å²) in [5.74, 6) is -0.274. The molecule has 0 radical (unpaired) electrons. The lowest BCUT2D eigenvalue weighted by Gasteiger charge is -2.31. The van der Waals surface area contributed by atoms with Crippen molar-refractivity contribution in [2.75, 3.05) is 46.5 Å². The summed E-state index contributed by atoms with van der Waals surface area (Å²) in [5.41, 5.74) is 0. The largest absolute Gasteiger partial charge is 0.469 e. The summed E-state index contributed by atoms with van der Waals surface area (Å²) in [5, 5.41) is 11.5. The summed E-state index contributed by atoms with van der Waals surface area (Å²) in [6.07, 6.45) is 2.88. The van der Waals surface area contributed by atoms with E-state index in [0.717, 1.165) is 25.9 Å². The number of carbonyl (C=O) groups excluding carboxylic acids is 2. The van der Waals surface area contributed by atoms with Crippen molar-refractivity contribution in [3.63, 3.8) is 0 Å². The Labute approximate surface area is 125 Å². The normalized spacial score (nSPS) is 16.7. The zero-order valence-corrected chi connectivity index (χ0v) is 12.7. The molecule has 0 aromatic carbocycles. The predicted octanol–water partition coefficient (Wildman–Crippen LogP) is -0.471. The Morgan fingerprint density at radius 2 is 2.05 bits per heavy atom. The molecular formula is C14H26N2O5. The number of methoxy groups -OCH3 is 1. The van der Waals surface area contributed by atoms with Gasteiger partial charge >= 0.3 is 5.97 Å². The van der Waals surface area contributed by atoms with Gasteiger partial charge < -0.3 is 19.9 Å². The number of ether oxygens (including phenoxy) is 2. The number of rotatable bonds is 9. The van der Waals surface area contributed by atoms with E-state index in [-0.39, 0.29) is 24.6 Å². The van der Waals surface area contributed by atoms with Crippen LogP contribution in [0.25, 0.3) is 0 Å². The summed E-state index contributed by atoms with van der Waals surface area (Å²) in [6.45, 7) is 2.95. The van der Waals surface area contributed by atoms with Crippen LogP contribution in [0.4, 0.5) is 0 Å². The van der Waals surface area contributed by atoms with Crippen molar-refractivity contribution in [2.24, 2.45) is 0 Å². The summed E-state index contributed by atoms with van der Waals surface area (Å²) >= 11 is 0. The lowest BCUT2D eigenvalue weighted by molar-refractivity contribution is -0.140. The molecule has 2 N–H and O–H groups in total. The number of likely N-dealkylation sites (tertiary alicyclic amines) is 1. The van der Waals surface area contributed by atoms with Gasteiger partial charge in [-0.05, 0) is 19.3 Å². The molecule has 0 aliphatic carbocycles. The zero-order valence-electron chi connectivity index (χ0n) is 12.7. The molecule has 1 aliphatic heterocycles. The Morgan fingerprint density at radius 3 is 2.67 bits per heavy atom. The van der Waals surface area contributed by atoms with Crippen molar-refractivity contribution in [3.8, 4) is 0 Å². The first-order chi connectivity index (χ1) is 10.2. The highest BCUT2D eigenvalue weighted by atomic mass is 16.5. The fourth-order valence-electron chi connectivity index (χ4n) is 2.28. The van der Waals surface area contributed by atoms with E-state index in [2.05, 4.69) is 15.0 Å². The van der Waals surface area contributed by atoms with Crippen molar-refractivity contribution in [1.82, 2.24) is 10.2 Å². The van der Waals surface area contributed by atoms with Crippen LogP contribution in [0.3, 0.4) is 0 Å². The molecule has 122 valence electrons. The van der Waals surface area contributed by atoms with Crippen LogP contribution in [-0.4, -0.2) is 74.5 Å². The van der Waals surface area contributed by atoms with E-state index in [4.69, 9.17) is 9.84 Å². The maximum Gasteiger partial charge on any atom is 0.305 e. The van der Waals surface area contributed by atoms with E-state index in [0.29, 0.717) is 32.5 Å². The van der Waals surface area contributed by atoms with Gasteiger partial charge in [0, 0.05) is 26.1 Å². The number of nitrogens with one attached hydrogen (secondary N) is 1. The van der Waals surface area contributed by atoms with E-state index >= 15 is 0 Å². The molecule has 1 rings (SSSR count). The molecule has 1 fully saturated rings. The third-order valence-electron chi connectivity index (χ3n) is 3.45. The van der Waals surface area contributed by atoms with Crippen molar-refractivity contribution < 1.29 is 24.2 Å². The van der Waals surface area contributed by atoms with E-state index in [1.54, 1.807) is 0 Å². The van der Waals surface area contributed by atoms with Crippen LogP contribution < -0.4 is 5.32 Å². The summed E-state index contributed by atoms with van der Waals surface area (Å²) < 4.78 is 10.0. The second kappa shape index (κ2) is 10.5. The molecule has 7 nitrogen and oxygen atoms in total. The maximum atomic E-state index is 11.7. The van der Waals surface area contributed by atoms with Crippen LogP contribution in [0.5, 0.6) is 0 Å². The molecule has 0 unspecified atom stereocenters. The lowest BCUT2D eigenvalue weighted by Crippen LogP contribution is -2.43. The highest BCUT2D eigenvalue weighted by Crippen LogP contribution is 2.13. The molecule has 1 aliphatic rings. The molecule has 1 saturated heterocycles. The lowest BCUT2D eigenvalue weighted by atomic mass is 10.1. The smallest absolute Gasteiger partial charge is 0.305 e. The van der Waals surface area contributed by atoms with Crippen LogP contribution in [0, 0.1) is 0 Å². The molecule has 1 heterocycles. The second-order valence-corrected chi connectivity index (χ2v) is 5.10. The number of hydrogen-bond donors (Lipinski definition) is 2. The zero-order chi connectivity index (χ0) is 15.5. The van der Waals surface area contributed by atoms with Crippen molar-refractivity contribution in [3.05, 3.63) is 0 Å². The molecular weight excluding hydrogens is 276 g/mol. The number of piperidine rings is 1. The summed E-state index contributed by atoms with van der Waals surface area (Å²) in [6, 6.07) is 0. The Balaban J connectivity index is 2.06. The monoisotopic (exact) mass is 302 g/mol. The minimum atomic E-state index is -0.255. The van der Waals surface area contributed by atoms with Gasteiger partial charge in [0.1, 0.15) is 0 Å². The van der Waals surface area contributed by atoms with Gasteiger partial charge in [-0.3, -0.25) is 14.5 Å². The number of amides is 1. The van der Waals surface area contributed by atoms with E-state index < -0.39 is 0 Å². The van der Waals surface area contributed by atoms with Crippen LogP contribution in [0.2, 0.25) is 0 Å². The number of carbonyl (C=O) groups is 2. The minimum Gasteiger partial charge on any atom is -0.469 e. The Hall–Kier alpha value is -1.18. The first-order valence-corrected chi connectivity index (χ1v) is 7.44. The Bertz CT molecular complexity index is 316. The number of esters is 1. The van der Waals surface area contributed by atoms with Crippen LogP contribution in [-0.2, 0) is 19.1 Å². The average molecular weight is 302 g/mol. The van der Waals surface area contributed by atoms with Gasteiger partial charge in [0.2, 0.25) is 5.91 Å². The topological polar surface area (TPSA) is 88.1 Å². The molecule has 0 aromatic rings. The van der Waals surface area contributed by atoms with Crippen LogP contribution >= 0.6 is 0 Å². The molecule has 0 saturated carbocycles. The van der Waals surface area contributed by atoms with Crippen molar-refractivity contribution in [2.45, 2.75) is 31.8 Å². The molecule has 0 aromatic heterocycles. The third kappa shape index (κ3) is 7.99. The second-order valence-electron chi connectivity index (χ2n) is 5.10. The Morgan fingerprint density at radius 1 is 1.33 bits per heavy atom. The van der Waals surface area contributed by atoms with Crippen LogP contribution in [0.15, 0.2) is 0 Å². The van der Waals surface area contributed by atoms with Gasteiger partial charge in [-0.25, -0.2) is 0 Å². The Kier molecular flexibility index (Phi) is 8.96. The standard InChI is InChI=1S/C14H26N2O5/c1-20-14(19)3-2-6-15-13(18)11-16-7-4-12(5-8-16)21-10-9-17/h12,17H,2-11H2,1H3,(H,15,18). The van der Waals surface area contributed by atoms with Gasteiger partial charge in [-0.15, -0.1) is 0 Å². The molecule has 1 amide bonds. The van der Waals surface area contributed by atoms with Gasteiger partial charge in [0.15, 0.2) is 0 Å². The minimum absolute atomic E-state index is 0.0189. The molecule has 0 spiro atoms. The quantitative estimate of drug-likeness (QED) is 0.442. The van der Waals surface area contributed by atoms with E-state index in [1.807, 2.05) is 0 Å². The number of hydrogen-bond acceptors (Lipinski definition) is 6. The molecule has 21 heavy (non-hydrogen) atoms. The molecule has 0 atom stereocenters. The summed E-state index contributed by atoms with van der Waals surface area (Å²) in [7, 11) is 1.36. The van der Waals surface area contributed by atoms with Crippen molar-refractivity contribution in [1.29, 1.82) is 0 Å². The predicted molar refractivity (Wildman–Crippen MR) is 76.8 cm³/mol. The highest BCUT2D eigenvalue weighted by molar-refractivity contribution is 5.78. The highest BCUT2D eigenvalue weighted by Gasteiger charge is 2.20. The maximum absolute atomic E-state index is 11.7. The van der Waals surface area contributed by atoms with Gasteiger partial charge in [-0.1, -0.05) is 0 Å². The van der Waals surface area contributed by atoms with E-state index in [9.17, 15) is 9.59 Å². The van der Waals surface area contributed by atoms with E-state index in [1.165, 1.54) is 7.11 Å². The average Bonchev–Trinajstić information content (AvgIpc) is 2.50. The molecule has 7 heteroatoms. The fraction of sp³-hybridized carbons (Fsp3) is 0.857. The first-order valence-electron chi connectivity index (χ1n) is 7.44. The number of aliphatic hydroxyl groups excluding tert-OH is 1. The van der Waals surface area contributed by atoms with Crippen LogP contribution in [0.1, 0.15) is 25.7 Å². The number of aliphatic hydroxyl groups is 1. The summed E-state index contributed by atoms with van der Waals surface area (Å²) in [4.78, 5) is 24.7. The third-order valence-corrected chi connectivity index (χ3v) is 3.45.